The summed E-state index contributed by atoms with van der Waals surface area (Å²) >= 11 is 0. The van der Waals surface area contributed by atoms with Crippen LogP contribution in [0, 0.1) is 61.3 Å². The van der Waals surface area contributed by atoms with Crippen molar-refractivity contribution in [3.05, 3.63) is 61.3 Å². The topological polar surface area (TPSA) is 489 Å². The van der Waals surface area contributed by atoms with E-state index in [0.717, 1.165) is 0 Å². The van der Waals surface area contributed by atoms with E-state index in [1.54, 1.807) is 0 Å². The first kappa shape index (κ1) is 74.7. The minimum atomic E-state index is -1.75. The Hall–Kier alpha value is -2.44. The van der Waals surface area contributed by atoms with Crippen molar-refractivity contribution in [3.8, 4) is 0 Å². The van der Waals surface area contributed by atoms with Crippen LogP contribution in [0.4, 0.5) is 0 Å². The van der Waals surface area contributed by atoms with Gasteiger partial charge in [-0.25, -0.2) is 0 Å². The van der Waals surface area contributed by atoms with Crippen molar-refractivity contribution in [3.63, 3.8) is 0 Å². The molecule has 2 aliphatic heterocycles. The Kier molecular flexibility index (Phi) is 101. The van der Waals surface area contributed by atoms with Crippen molar-refractivity contribution in [1.29, 1.82) is 0 Å². The van der Waals surface area contributed by atoms with E-state index in [4.69, 9.17) is 109 Å². The summed E-state index contributed by atoms with van der Waals surface area (Å²) in [6.07, 6.45) is 0. The van der Waals surface area contributed by atoms with Crippen LogP contribution in [0.3, 0.4) is 0 Å². The van der Waals surface area contributed by atoms with E-state index in [0.29, 0.717) is 132 Å². The largest absolute Gasteiger partial charge is 2.00 e. The SMILES string of the molecule is C1COCCOCCOCCOCCO1.C1COCCOCCOCCOCCO1.O=[N+]([O-])[O-].O=[N+]([O-])[O-].O=[N+]([O-])[O-].O=[N+]([O-])[O-].[OH3+].[OH3+].[OH3+].[OH3+].[Pd+2].[Pd+2]. The number of hydrogen-bond donors (Lipinski definition) is 0. The van der Waals surface area contributed by atoms with Crippen molar-refractivity contribution >= 4 is 0 Å². The fraction of sp³-hybridized carbons (Fsp3) is 1.00. The zero-order valence-corrected chi connectivity index (χ0v) is 31.0. The quantitative estimate of drug-likeness (QED) is 0.0955. The number of hydrogen-bond acceptors (Lipinski definition) is 22. The molecule has 0 amide bonds. The van der Waals surface area contributed by atoms with Crippen molar-refractivity contribution in [2.45, 2.75) is 0 Å². The van der Waals surface area contributed by atoms with Gasteiger partial charge in [-0.05, 0) is 0 Å². The maximum absolute atomic E-state index is 8.25. The molecule has 2 rings (SSSR count). The standard InChI is InChI=1S/2C10H20O5.4NO3.4H2O.2Pd/c2*1-2-12-5-6-14-9-10-15-8-7-13-4-3-11-1;4*2-1(3)4;;;;;;/h2*1-10H2;;;;;4*1H2;;/q;;4*-1;;;;;2*+2/p+4. The van der Waals surface area contributed by atoms with E-state index in [1.807, 2.05) is 0 Å². The van der Waals surface area contributed by atoms with Crippen molar-refractivity contribution in [1.82, 2.24) is 0 Å². The molecule has 0 aromatic carbocycles. The van der Waals surface area contributed by atoms with Gasteiger partial charge in [0.25, 0.3) is 0 Å². The van der Waals surface area contributed by atoms with Gasteiger partial charge < -0.3 is 131 Å². The van der Waals surface area contributed by atoms with Gasteiger partial charge in [0.15, 0.2) is 0 Å². The fourth-order valence-electron chi connectivity index (χ4n) is 2.20. The molecule has 2 fully saturated rings. The molecule has 52 heavy (non-hydrogen) atoms. The first-order valence-corrected chi connectivity index (χ1v) is 13.0. The minimum Gasteiger partial charge on any atom is -0.457 e. The summed E-state index contributed by atoms with van der Waals surface area (Å²) in [6, 6.07) is 0. The Morgan fingerprint density at radius 1 is 0.231 bits per heavy atom. The molecule has 0 spiro atoms. The summed E-state index contributed by atoms with van der Waals surface area (Å²) < 4.78 is 52.8. The Balaban J connectivity index is -0.0000000557. The van der Waals surface area contributed by atoms with Gasteiger partial charge in [0.2, 0.25) is 0 Å². The van der Waals surface area contributed by atoms with Crippen LogP contribution in [-0.4, -0.2) is 152 Å². The third kappa shape index (κ3) is 136. The van der Waals surface area contributed by atoms with Crippen LogP contribution in [0.1, 0.15) is 0 Å². The van der Waals surface area contributed by atoms with Gasteiger partial charge in [-0.3, -0.25) is 0 Å². The zero-order chi connectivity index (χ0) is 35.5. The Morgan fingerprint density at radius 2 is 0.269 bits per heavy atom. The van der Waals surface area contributed by atoms with E-state index >= 15 is 0 Å². The second kappa shape index (κ2) is 70.2. The first-order chi connectivity index (χ1) is 21.9. The molecule has 0 bridgehead atoms. The van der Waals surface area contributed by atoms with E-state index in [1.165, 1.54) is 0 Å². The molecule has 30 nitrogen and oxygen atoms in total. The number of nitrogens with zero attached hydrogens (tertiary/aromatic N) is 4. The van der Waals surface area contributed by atoms with Crippen molar-refractivity contribution in [2.75, 3.05) is 132 Å². The van der Waals surface area contributed by atoms with Gasteiger partial charge in [0.1, 0.15) is 0 Å². The van der Waals surface area contributed by atoms with Gasteiger partial charge in [-0.2, -0.15) is 0 Å². The minimum absolute atomic E-state index is 0. The molecule has 0 saturated carbocycles. The van der Waals surface area contributed by atoms with Gasteiger partial charge in [-0.1, -0.05) is 0 Å². The fourth-order valence-corrected chi connectivity index (χ4v) is 2.20. The molecule has 0 atom stereocenters. The summed E-state index contributed by atoms with van der Waals surface area (Å²) in [7, 11) is 0. The Bertz CT molecular complexity index is 472. The molecule has 32 heteroatoms. The van der Waals surface area contributed by atoms with Crippen LogP contribution in [0.5, 0.6) is 0 Å². The summed E-state index contributed by atoms with van der Waals surface area (Å²) in [5.41, 5.74) is 0. The smallest absolute Gasteiger partial charge is 0.457 e. The van der Waals surface area contributed by atoms with Crippen LogP contribution in [0.25, 0.3) is 0 Å². The molecule has 2 heterocycles. The third-order valence-electron chi connectivity index (χ3n) is 3.72. The van der Waals surface area contributed by atoms with Crippen LogP contribution in [-0.2, 0) is 110 Å². The molecule has 0 aromatic rings. The Morgan fingerprint density at radius 3 is 0.308 bits per heavy atom. The summed E-state index contributed by atoms with van der Waals surface area (Å²) in [5, 5.41) is 59.0. The maximum atomic E-state index is 8.25. The molecule has 2 saturated heterocycles. The molecule has 0 unspecified atom stereocenters. The van der Waals surface area contributed by atoms with E-state index in [2.05, 4.69) is 0 Å². The van der Waals surface area contributed by atoms with E-state index < -0.39 is 20.3 Å². The van der Waals surface area contributed by atoms with Crippen LogP contribution < -0.4 is 0 Å². The molecular formula is C20H52N4O26Pd2+4. The second-order valence-corrected chi connectivity index (χ2v) is 7.02. The van der Waals surface area contributed by atoms with E-state index in [-0.39, 0.29) is 62.8 Å². The predicted molar refractivity (Wildman–Crippen MR) is 169 cm³/mol. The average Bonchev–Trinajstić information content (AvgIpc) is 2.96. The monoisotopic (exact) mass is 976 g/mol. The van der Waals surface area contributed by atoms with Crippen LogP contribution >= 0.6 is 0 Å². The van der Waals surface area contributed by atoms with Crippen LogP contribution in [0.2, 0.25) is 0 Å². The summed E-state index contributed by atoms with van der Waals surface area (Å²) in [6.45, 7) is 12.2. The predicted octanol–water partition coefficient (Wildman–Crippen LogP) is -4.48. The normalized spacial score (nSPS) is 15.7. The zero-order valence-electron chi connectivity index (χ0n) is 27.9. The summed E-state index contributed by atoms with van der Waals surface area (Å²) in [5.74, 6) is 0. The van der Waals surface area contributed by atoms with Crippen molar-refractivity contribution in [2.24, 2.45) is 0 Å². The average molecular weight is 977 g/mol. The number of rotatable bonds is 0. The molecule has 0 aromatic heterocycles. The van der Waals surface area contributed by atoms with Gasteiger partial charge in [-0.15, -0.1) is 0 Å². The van der Waals surface area contributed by atoms with Gasteiger partial charge in [0.05, 0.1) is 152 Å². The Labute approximate surface area is 323 Å². The maximum Gasteiger partial charge on any atom is 2.00 e. The van der Waals surface area contributed by atoms with E-state index in [9.17, 15) is 0 Å². The first-order valence-electron chi connectivity index (χ1n) is 13.0. The molecule has 2 aliphatic rings. The second-order valence-electron chi connectivity index (χ2n) is 7.02. The third-order valence-corrected chi connectivity index (χ3v) is 3.72. The molecular weight excluding hydrogens is 925 g/mol. The molecule has 324 valence electrons. The van der Waals surface area contributed by atoms with Crippen molar-refractivity contribution < 1.29 is 130 Å². The molecule has 0 aliphatic carbocycles. The van der Waals surface area contributed by atoms with Gasteiger partial charge in [0, 0.05) is 0 Å². The molecule has 12 N–H and O–H groups in total. The summed E-state index contributed by atoms with van der Waals surface area (Å²) in [4.78, 5) is 33.0. The molecule has 0 radical (unpaired) electrons. The van der Waals surface area contributed by atoms with Crippen LogP contribution in [0.15, 0.2) is 0 Å². The number of ether oxygens (including phenoxy) is 10. The van der Waals surface area contributed by atoms with Gasteiger partial charge >= 0.3 is 40.8 Å².